The van der Waals surface area contributed by atoms with E-state index < -0.39 is 0 Å². The van der Waals surface area contributed by atoms with Crippen molar-refractivity contribution in [3.8, 4) is 0 Å². The lowest BCUT2D eigenvalue weighted by molar-refractivity contribution is -0.140. The van der Waals surface area contributed by atoms with E-state index in [0.717, 1.165) is 19.3 Å². The molecule has 3 aliphatic carbocycles. The van der Waals surface area contributed by atoms with Gasteiger partial charge in [-0.05, 0) is 38.0 Å². The molecule has 3 aliphatic rings. The maximum Gasteiger partial charge on any atom is 0.146 e. The number of ketones is 1. The molecule has 0 radical (unpaired) electrons. The minimum Gasteiger partial charge on any atom is -0.298 e. The van der Waals surface area contributed by atoms with Crippen LogP contribution in [0.25, 0.3) is 0 Å². The zero-order chi connectivity index (χ0) is 12.6. The Morgan fingerprint density at radius 3 is 2.82 bits per heavy atom. The van der Waals surface area contributed by atoms with Crippen LogP contribution in [-0.4, -0.2) is 5.78 Å². The van der Waals surface area contributed by atoms with Crippen LogP contribution in [0.3, 0.4) is 0 Å². The van der Waals surface area contributed by atoms with Gasteiger partial charge in [0.15, 0.2) is 0 Å². The van der Waals surface area contributed by atoms with E-state index >= 15 is 0 Å². The van der Waals surface area contributed by atoms with Gasteiger partial charge in [0.1, 0.15) is 5.78 Å². The molecular formula is C16H22O. The van der Waals surface area contributed by atoms with Crippen LogP contribution in [-0.2, 0) is 4.79 Å². The molecular weight excluding hydrogens is 208 g/mol. The minimum absolute atomic E-state index is 0.0762. The fourth-order valence-corrected chi connectivity index (χ4v) is 3.66. The first-order valence-corrected chi connectivity index (χ1v) is 6.50. The number of rotatable bonds is 4. The van der Waals surface area contributed by atoms with Crippen LogP contribution in [0.2, 0.25) is 0 Å². The number of allylic oxidation sites excluding steroid dienone is 4. The third-order valence-corrected chi connectivity index (χ3v) is 4.77. The van der Waals surface area contributed by atoms with Gasteiger partial charge in [-0.15, -0.1) is 13.2 Å². The minimum atomic E-state index is -0.169. The predicted octanol–water partition coefficient (Wildman–Crippen LogP) is 3.93. The van der Waals surface area contributed by atoms with Gasteiger partial charge in [-0.3, -0.25) is 4.79 Å². The Bertz CT molecular complexity index is 390. The van der Waals surface area contributed by atoms with Crippen LogP contribution in [0.1, 0.15) is 33.1 Å². The molecule has 0 saturated heterocycles. The maximum atomic E-state index is 12.6. The van der Waals surface area contributed by atoms with E-state index in [1.165, 1.54) is 5.57 Å². The van der Waals surface area contributed by atoms with Crippen molar-refractivity contribution in [3.05, 3.63) is 37.0 Å². The Kier molecular flexibility index (Phi) is 3.11. The monoisotopic (exact) mass is 230 g/mol. The van der Waals surface area contributed by atoms with Crippen molar-refractivity contribution in [1.82, 2.24) is 0 Å². The average Bonchev–Trinajstić information content (AvgIpc) is 2.33. The molecule has 92 valence electrons. The molecule has 0 aromatic carbocycles. The third kappa shape index (κ3) is 1.72. The van der Waals surface area contributed by atoms with Crippen molar-refractivity contribution >= 4 is 5.78 Å². The Hall–Kier alpha value is -1.11. The molecule has 3 unspecified atom stereocenters. The summed E-state index contributed by atoms with van der Waals surface area (Å²) in [5, 5.41) is 0. The van der Waals surface area contributed by atoms with Gasteiger partial charge >= 0.3 is 0 Å². The predicted molar refractivity (Wildman–Crippen MR) is 71.6 cm³/mol. The zero-order valence-electron chi connectivity index (χ0n) is 10.9. The molecule has 0 aliphatic heterocycles. The summed E-state index contributed by atoms with van der Waals surface area (Å²) in [5.74, 6) is 1.26. The molecule has 0 spiro atoms. The van der Waals surface area contributed by atoms with Crippen LogP contribution in [0.4, 0.5) is 0 Å². The Morgan fingerprint density at radius 1 is 1.53 bits per heavy atom. The molecule has 0 N–H and O–H groups in total. The van der Waals surface area contributed by atoms with Crippen molar-refractivity contribution in [3.63, 3.8) is 0 Å². The smallest absolute Gasteiger partial charge is 0.146 e. The molecule has 0 heterocycles. The second-order valence-electron chi connectivity index (χ2n) is 5.73. The molecule has 2 bridgehead atoms. The Morgan fingerprint density at radius 2 is 2.24 bits per heavy atom. The summed E-state index contributed by atoms with van der Waals surface area (Å²) in [6.07, 6.45) is 9.02. The molecule has 3 rings (SSSR count). The lowest BCUT2D eigenvalue weighted by Crippen LogP contribution is -2.50. The van der Waals surface area contributed by atoms with Crippen LogP contribution in [0.5, 0.6) is 0 Å². The van der Waals surface area contributed by atoms with E-state index in [1.54, 1.807) is 0 Å². The van der Waals surface area contributed by atoms with E-state index in [1.807, 2.05) is 12.2 Å². The van der Waals surface area contributed by atoms with Gasteiger partial charge in [0, 0.05) is 11.3 Å². The Labute approximate surface area is 104 Å². The van der Waals surface area contributed by atoms with Crippen LogP contribution in [0, 0.1) is 23.2 Å². The summed E-state index contributed by atoms with van der Waals surface area (Å²) in [5.41, 5.74) is 1.23. The largest absolute Gasteiger partial charge is 0.298 e. The number of carbonyl (C=O) groups is 1. The Balaban J connectivity index is 2.34. The van der Waals surface area contributed by atoms with Crippen molar-refractivity contribution in [2.24, 2.45) is 23.2 Å². The lowest BCUT2D eigenvalue weighted by atomic mass is 9.52. The summed E-state index contributed by atoms with van der Waals surface area (Å²) in [7, 11) is 0. The first-order valence-electron chi connectivity index (χ1n) is 6.50. The van der Waals surface area contributed by atoms with Crippen molar-refractivity contribution in [2.45, 2.75) is 33.1 Å². The first-order chi connectivity index (χ1) is 8.04. The molecule has 1 nitrogen and oxygen atoms in total. The molecule has 17 heavy (non-hydrogen) atoms. The lowest BCUT2D eigenvalue weighted by Gasteiger charge is -2.50. The number of hydrogen-bond acceptors (Lipinski definition) is 1. The SMILES string of the molecule is C=CCC[C@@]1(C)C(=O)C2C=C(C)C1CC2C=C. The molecule has 1 heteroatoms. The van der Waals surface area contributed by atoms with Gasteiger partial charge in [0.2, 0.25) is 0 Å². The van der Waals surface area contributed by atoms with E-state index in [4.69, 9.17) is 0 Å². The van der Waals surface area contributed by atoms with Gasteiger partial charge in [-0.25, -0.2) is 0 Å². The number of Topliss-reactive ketones (excluding diaryl/α,β-unsaturated/α-hetero) is 1. The molecule has 0 aromatic heterocycles. The first kappa shape index (κ1) is 12.3. The normalized spacial score (nSPS) is 40.0. The highest BCUT2D eigenvalue weighted by atomic mass is 16.1. The van der Waals surface area contributed by atoms with Gasteiger partial charge in [-0.1, -0.05) is 30.7 Å². The van der Waals surface area contributed by atoms with Crippen LogP contribution >= 0.6 is 0 Å². The molecule has 1 saturated carbocycles. The number of carbonyl (C=O) groups excluding carboxylic acids is 1. The zero-order valence-corrected chi connectivity index (χ0v) is 10.9. The quantitative estimate of drug-likeness (QED) is 0.669. The summed E-state index contributed by atoms with van der Waals surface area (Å²) in [4.78, 5) is 12.6. The highest BCUT2D eigenvalue weighted by Crippen LogP contribution is 2.54. The van der Waals surface area contributed by atoms with Gasteiger partial charge in [0.25, 0.3) is 0 Å². The van der Waals surface area contributed by atoms with Gasteiger partial charge in [-0.2, -0.15) is 0 Å². The summed E-state index contributed by atoms with van der Waals surface area (Å²) < 4.78 is 0. The average molecular weight is 230 g/mol. The van der Waals surface area contributed by atoms with E-state index in [0.29, 0.717) is 17.6 Å². The highest BCUT2D eigenvalue weighted by Gasteiger charge is 2.53. The van der Waals surface area contributed by atoms with Crippen molar-refractivity contribution in [1.29, 1.82) is 0 Å². The standard InChI is InChI=1S/C16H22O/c1-5-7-8-16(4)14-10-12(6-2)13(15(16)17)9-11(14)3/h5-6,9,12-14H,1-2,7-8,10H2,3-4H3/t12?,13?,14?,16-/m1/s1. The van der Waals surface area contributed by atoms with Gasteiger partial charge in [0.05, 0.1) is 0 Å². The summed E-state index contributed by atoms with van der Waals surface area (Å²) in [6, 6.07) is 0. The number of fused-ring (bicyclic) bond motifs is 2. The van der Waals surface area contributed by atoms with Gasteiger partial charge < -0.3 is 0 Å². The van der Waals surface area contributed by atoms with Crippen molar-refractivity contribution < 1.29 is 4.79 Å². The van der Waals surface area contributed by atoms with Crippen molar-refractivity contribution in [2.75, 3.05) is 0 Å². The van der Waals surface area contributed by atoms with E-state index in [2.05, 4.69) is 33.1 Å². The molecule has 4 atom stereocenters. The maximum absolute atomic E-state index is 12.6. The summed E-state index contributed by atoms with van der Waals surface area (Å²) in [6.45, 7) is 12.0. The second-order valence-corrected chi connectivity index (χ2v) is 5.73. The third-order valence-electron chi connectivity index (χ3n) is 4.77. The van der Waals surface area contributed by atoms with E-state index in [-0.39, 0.29) is 11.3 Å². The van der Waals surface area contributed by atoms with Crippen LogP contribution < -0.4 is 0 Å². The fraction of sp³-hybridized carbons (Fsp3) is 0.562. The number of hydrogen-bond donors (Lipinski definition) is 0. The summed E-state index contributed by atoms with van der Waals surface area (Å²) >= 11 is 0. The molecule has 1 fully saturated rings. The second kappa shape index (κ2) is 4.29. The van der Waals surface area contributed by atoms with E-state index in [9.17, 15) is 4.79 Å². The fourth-order valence-electron chi connectivity index (χ4n) is 3.66. The topological polar surface area (TPSA) is 17.1 Å². The highest BCUT2D eigenvalue weighted by molar-refractivity contribution is 5.91. The van der Waals surface area contributed by atoms with Crippen LogP contribution in [0.15, 0.2) is 37.0 Å². The molecule has 0 amide bonds. The molecule has 0 aromatic rings.